The van der Waals surface area contributed by atoms with E-state index < -0.39 is 11.5 Å². The summed E-state index contributed by atoms with van der Waals surface area (Å²) in [5.41, 5.74) is 2.09. The highest BCUT2D eigenvalue weighted by molar-refractivity contribution is 6.12. The number of hydrogen-bond acceptors (Lipinski definition) is 3. The van der Waals surface area contributed by atoms with Gasteiger partial charge in [-0.15, -0.1) is 0 Å². The van der Waals surface area contributed by atoms with Crippen molar-refractivity contribution in [1.29, 1.82) is 0 Å². The number of nitrogens with zero attached hydrogens (tertiary/aromatic N) is 1. The number of benzene rings is 3. The van der Waals surface area contributed by atoms with Crippen LogP contribution in [-0.2, 0) is 10.3 Å². The molecule has 5 heteroatoms. The Morgan fingerprint density at radius 1 is 0.969 bits per heavy atom. The average Bonchev–Trinajstić information content (AvgIpc) is 3.48. The first-order valence-electron chi connectivity index (χ1n) is 11.1. The van der Waals surface area contributed by atoms with Crippen molar-refractivity contribution in [2.45, 2.75) is 30.3 Å². The Morgan fingerprint density at radius 2 is 1.69 bits per heavy atom. The van der Waals surface area contributed by atoms with E-state index in [1.807, 2.05) is 54.6 Å². The van der Waals surface area contributed by atoms with Gasteiger partial charge in [0.25, 0.3) is 0 Å². The Bertz CT molecular complexity index is 1210. The fourth-order valence-electron chi connectivity index (χ4n) is 6.36. The third-order valence-electron chi connectivity index (χ3n) is 7.50. The Morgan fingerprint density at radius 3 is 2.47 bits per heavy atom. The second-order valence-corrected chi connectivity index (χ2v) is 8.95. The van der Waals surface area contributed by atoms with Crippen molar-refractivity contribution in [3.8, 4) is 0 Å². The zero-order valence-electron chi connectivity index (χ0n) is 17.5. The number of Topliss-reactive ketones (excluding diaryl/α,β-unsaturated/α-hetero) is 1. The highest BCUT2D eigenvalue weighted by atomic mass is 19.1. The first kappa shape index (κ1) is 19.4. The van der Waals surface area contributed by atoms with Crippen molar-refractivity contribution in [3.63, 3.8) is 0 Å². The monoisotopic (exact) mass is 426 g/mol. The Kier molecular flexibility index (Phi) is 4.30. The minimum absolute atomic E-state index is 0.0371. The number of amides is 1. The number of ketones is 1. The van der Waals surface area contributed by atoms with E-state index in [9.17, 15) is 14.0 Å². The molecule has 6 rings (SSSR count). The lowest BCUT2D eigenvalue weighted by atomic mass is 9.69. The first-order chi connectivity index (χ1) is 15.6. The van der Waals surface area contributed by atoms with Crippen LogP contribution in [0.15, 0.2) is 78.9 Å². The predicted molar refractivity (Wildman–Crippen MR) is 120 cm³/mol. The van der Waals surface area contributed by atoms with Crippen LogP contribution < -0.4 is 5.32 Å². The molecule has 4 unspecified atom stereocenters. The summed E-state index contributed by atoms with van der Waals surface area (Å²) in [6.07, 6.45) is 1.86. The fraction of sp³-hybridized carbons (Fsp3) is 0.259. The molecule has 3 aromatic rings. The summed E-state index contributed by atoms with van der Waals surface area (Å²) in [5, 5.41) is 3.07. The molecule has 1 amide bonds. The minimum Gasteiger partial charge on any atom is -0.324 e. The van der Waals surface area contributed by atoms with Gasteiger partial charge in [-0.3, -0.25) is 14.5 Å². The molecule has 0 radical (unpaired) electrons. The number of fused-ring (bicyclic) bond motifs is 4. The van der Waals surface area contributed by atoms with E-state index in [1.54, 1.807) is 12.1 Å². The topological polar surface area (TPSA) is 49.4 Å². The molecule has 3 aliphatic heterocycles. The molecule has 0 bridgehead atoms. The van der Waals surface area contributed by atoms with Gasteiger partial charge in [-0.1, -0.05) is 60.7 Å². The molecule has 2 fully saturated rings. The predicted octanol–water partition coefficient (Wildman–Crippen LogP) is 4.73. The van der Waals surface area contributed by atoms with Crippen molar-refractivity contribution < 1.29 is 14.0 Å². The van der Waals surface area contributed by atoms with Gasteiger partial charge in [0, 0.05) is 28.8 Å². The summed E-state index contributed by atoms with van der Waals surface area (Å²) in [7, 11) is 0. The summed E-state index contributed by atoms with van der Waals surface area (Å²) in [6, 6.07) is 23.4. The second kappa shape index (κ2) is 7.10. The number of para-hydroxylation sites is 1. The molecule has 3 aromatic carbocycles. The van der Waals surface area contributed by atoms with Crippen LogP contribution in [0.25, 0.3) is 0 Å². The van der Waals surface area contributed by atoms with Crippen LogP contribution in [0.5, 0.6) is 0 Å². The van der Waals surface area contributed by atoms with E-state index in [-0.39, 0.29) is 29.5 Å². The van der Waals surface area contributed by atoms with Gasteiger partial charge in [0.1, 0.15) is 11.4 Å². The van der Waals surface area contributed by atoms with E-state index >= 15 is 0 Å². The van der Waals surface area contributed by atoms with Crippen LogP contribution in [0.1, 0.15) is 40.2 Å². The van der Waals surface area contributed by atoms with Crippen LogP contribution in [0.3, 0.4) is 0 Å². The molecule has 0 aromatic heterocycles. The molecular formula is C27H23FN2O2. The normalized spacial score (nSPS) is 28.5. The number of carbonyl (C=O) groups is 2. The standard InChI is InChI=1S/C27H23FN2O2/c28-19-14-12-17(13-15-19)23-22-11-6-16-30(22)27(20-9-4-5-10-21(20)29-26(27)32)24(23)25(31)18-7-2-1-3-8-18/h1-5,7-10,12-15,22-24H,6,11,16H2,(H,29,32). The maximum Gasteiger partial charge on any atom is 0.250 e. The number of carbonyl (C=O) groups excluding carboxylic acids is 2. The number of halogens is 1. The molecule has 0 aliphatic carbocycles. The summed E-state index contributed by atoms with van der Waals surface area (Å²) in [5.74, 6) is -1.29. The maximum atomic E-state index is 14.2. The lowest BCUT2D eigenvalue weighted by Gasteiger charge is -2.36. The molecular weight excluding hydrogens is 403 g/mol. The Labute approximate surface area is 186 Å². The third-order valence-corrected chi connectivity index (χ3v) is 7.50. The molecule has 3 aliphatic rings. The van der Waals surface area contributed by atoms with Gasteiger partial charge in [-0.2, -0.15) is 0 Å². The number of nitrogens with one attached hydrogen (secondary N) is 1. The van der Waals surface area contributed by atoms with Crippen LogP contribution in [-0.4, -0.2) is 29.2 Å². The molecule has 0 saturated carbocycles. The smallest absolute Gasteiger partial charge is 0.250 e. The Hall–Kier alpha value is -3.31. The summed E-state index contributed by atoms with van der Waals surface area (Å²) < 4.78 is 13.8. The highest BCUT2D eigenvalue weighted by Gasteiger charge is 2.69. The van der Waals surface area contributed by atoms with Gasteiger partial charge in [-0.25, -0.2) is 4.39 Å². The van der Waals surface area contributed by atoms with Crippen molar-refractivity contribution in [2.75, 3.05) is 11.9 Å². The zero-order chi connectivity index (χ0) is 21.9. The summed E-state index contributed by atoms with van der Waals surface area (Å²) >= 11 is 0. The van der Waals surface area contributed by atoms with Gasteiger partial charge < -0.3 is 5.32 Å². The number of anilines is 1. The quantitative estimate of drug-likeness (QED) is 0.616. The molecule has 4 nitrogen and oxygen atoms in total. The Balaban J connectivity index is 1.62. The molecule has 1 spiro atoms. The van der Waals surface area contributed by atoms with Crippen LogP contribution in [0, 0.1) is 11.7 Å². The zero-order valence-corrected chi connectivity index (χ0v) is 17.5. The van der Waals surface area contributed by atoms with E-state index in [2.05, 4.69) is 10.2 Å². The second-order valence-electron chi connectivity index (χ2n) is 8.95. The van der Waals surface area contributed by atoms with Gasteiger partial charge in [0.15, 0.2) is 5.78 Å². The number of rotatable bonds is 3. The number of hydrogen-bond donors (Lipinski definition) is 1. The first-order valence-corrected chi connectivity index (χ1v) is 11.1. The molecule has 1 N–H and O–H groups in total. The van der Waals surface area contributed by atoms with Crippen LogP contribution in [0.2, 0.25) is 0 Å². The molecule has 3 heterocycles. The fourth-order valence-corrected chi connectivity index (χ4v) is 6.36. The van der Waals surface area contributed by atoms with Crippen LogP contribution >= 0.6 is 0 Å². The SMILES string of the molecule is O=C(c1ccccc1)C1C(c2ccc(F)cc2)C2CCCN2C12C(=O)Nc1ccccc12. The van der Waals surface area contributed by atoms with E-state index in [1.165, 1.54) is 12.1 Å². The molecule has 160 valence electrons. The molecule has 2 saturated heterocycles. The van der Waals surface area contributed by atoms with E-state index in [4.69, 9.17) is 0 Å². The van der Waals surface area contributed by atoms with Crippen molar-refractivity contribution in [1.82, 2.24) is 4.90 Å². The van der Waals surface area contributed by atoms with E-state index in [0.717, 1.165) is 36.2 Å². The summed E-state index contributed by atoms with van der Waals surface area (Å²) in [4.78, 5) is 30.2. The van der Waals surface area contributed by atoms with Crippen LogP contribution in [0.4, 0.5) is 10.1 Å². The largest absolute Gasteiger partial charge is 0.324 e. The van der Waals surface area contributed by atoms with Crippen molar-refractivity contribution in [2.24, 2.45) is 5.92 Å². The molecule has 32 heavy (non-hydrogen) atoms. The highest BCUT2D eigenvalue weighted by Crippen LogP contribution is 2.61. The van der Waals surface area contributed by atoms with Gasteiger partial charge in [0.05, 0.1) is 5.92 Å². The van der Waals surface area contributed by atoms with E-state index in [0.29, 0.717) is 5.56 Å². The average molecular weight is 426 g/mol. The van der Waals surface area contributed by atoms with Crippen molar-refractivity contribution in [3.05, 3.63) is 101 Å². The lowest BCUT2D eigenvalue weighted by molar-refractivity contribution is -0.127. The van der Waals surface area contributed by atoms with Gasteiger partial charge >= 0.3 is 0 Å². The lowest BCUT2D eigenvalue weighted by Crippen LogP contribution is -2.52. The minimum atomic E-state index is -1.07. The summed E-state index contributed by atoms with van der Waals surface area (Å²) in [6.45, 7) is 0.753. The van der Waals surface area contributed by atoms with Gasteiger partial charge in [0.2, 0.25) is 5.91 Å². The third kappa shape index (κ3) is 2.51. The molecule has 4 atom stereocenters. The van der Waals surface area contributed by atoms with Crippen molar-refractivity contribution >= 4 is 17.4 Å². The van der Waals surface area contributed by atoms with Gasteiger partial charge in [-0.05, 0) is 43.1 Å². The maximum absolute atomic E-state index is 14.2.